The number of ketones is 1. The topological polar surface area (TPSA) is 60.7 Å². The van der Waals surface area contributed by atoms with Crippen LogP contribution in [-0.2, 0) is 12.8 Å². The molecule has 0 radical (unpaired) electrons. The van der Waals surface area contributed by atoms with Gasteiger partial charge in [-0.05, 0) is 65.9 Å². The third kappa shape index (κ3) is 3.22. The van der Waals surface area contributed by atoms with Gasteiger partial charge >= 0.3 is 0 Å². The minimum atomic E-state index is -0.257. The molecular weight excluding hydrogens is 332 g/mol. The molecule has 6 heteroatoms. The molecule has 4 rings (SSSR count). The molecule has 5 nitrogen and oxygen atoms in total. The highest BCUT2D eigenvalue weighted by Gasteiger charge is 2.22. The van der Waals surface area contributed by atoms with Crippen molar-refractivity contribution in [3.05, 3.63) is 65.2 Å². The Kier molecular flexibility index (Phi) is 4.36. The van der Waals surface area contributed by atoms with E-state index in [9.17, 15) is 4.79 Å². The normalized spacial score (nSPS) is 14.3. The molecule has 2 aromatic carbocycles. The molecule has 0 spiro atoms. The van der Waals surface area contributed by atoms with Crippen molar-refractivity contribution in [3.63, 3.8) is 0 Å². The number of fused-ring (bicyclic) bond motifs is 1. The van der Waals surface area contributed by atoms with E-state index in [1.54, 1.807) is 4.68 Å². The number of hydrogen-bond acceptors (Lipinski definition) is 5. The number of rotatable bonds is 5. The average Bonchev–Trinajstić information content (AvgIpc) is 3.30. The maximum absolute atomic E-state index is 12.8. The predicted octanol–water partition coefficient (Wildman–Crippen LogP) is 3.51. The Balaban J connectivity index is 1.54. The summed E-state index contributed by atoms with van der Waals surface area (Å²) in [6, 6.07) is 15.8. The van der Waals surface area contributed by atoms with Crippen molar-refractivity contribution in [2.75, 3.05) is 0 Å². The van der Waals surface area contributed by atoms with Crippen LogP contribution in [0, 0.1) is 0 Å². The number of para-hydroxylation sites is 1. The molecule has 0 saturated carbocycles. The third-order valence-electron chi connectivity index (χ3n) is 4.48. The Hall–Kier alpha value is -2.47. The van der Waals surface area contributed by atoms with Crippen LogP contribution in [0.4, 0.5) is 0 Å². The summed E-state index contributed by atoms with van der Waals surface area (Å²) in [5.74, 6) is 0.113. The van der Waals surface area contributed by atoms with Crippen molar-refractivity contribution in [1.82, 2.24) is 20.2 Å². The van der Waals surface area contributed by atoms with Crippen LogP contribution in [0.25, 0.3) is 5.69 Å². The number of carbonyl (C=O) groups is 1. The zero-order chi connectivity index (χ0) is 17.2. The predicted molar refractivity (Wildman–Crippen MR) is 97.3 cm³/mol. The molecule has 0 amide bonds. The minimum absolute atomic E-state index is 0.113. The first-order valence-electron chi connectivity index (χ1n) is 8.39. The Bertz CT molecular complexity index is 907. The van der Waals surface area contributed by atoms with E-state index in [0.29, 0.717) is 5.16 Å². The summed E-state index contributed by atoms with van der Waals surface area (Å²) in [5, 5.41) is 12.2. The molecule has 0 fully saturated rings. The molecule has 1 aliphatic rings. The van der Waals surface area contributed by atoms with Gasteiger partial charge in [0.15, 0.2) is 5.78 Å². The van der Waals surface area contributed by atoms with Gasteiger partial charge in [-0.25, -0.2) is 0 Å². The molecule has 1 atom stereocenters. The zero-order valence-corrected chi connectivity index (χ0v) is 14.7. The van der Waals surface area contributed by atoms with Crippen LogP contribution in [0.1, 0.15) is 34.8 Å². The largest absolute Gasteiger partial charge is 0.293 e. The van der Waals surface area contributed by atoms with Gasteiger partial charge < -0.3 is 0 Å². The van der Waals surface area contributed by atoms with E-state index in [0.717, 1.165) is 24.1 Å². The number of nitrogens with zero attached hydrogens (tertiary/aromatic N) is 4. The van der Waals surface area contributed by atoms with Crippen molar-refractivity contribution in [1.29, 1.82) is 0 Å². The molecule has 0 N–H and O–H groups in total. The van der Waals surface area contributed by atoms with Crippen LogP contribution < -0.4 is 0 Å². The van der Waals surface area contributed by atoms with Gasteiger partial charge in [0, 0.05) is 5.56 Å². The van der Waals surface area contributed by atoms with Gasteiger partial charge in [0.05, 0.1) is 10.9 Å². The lowest BCUT2D eigenvalue weighted by Gasteiger charge is -2.11. The second-order valence-electron chi connectivity index (χ2n) is 6.17. The number of benzene rings is 2. The van der Waals surface area contributed by atoms with E-state index in [2.05, 4.69) is 27.7 Å². The molecule has 1 aliphatic carbocycles. The summed E-state index contributed by atoms with van der Waals surface area (Å²) in [5.41, 5.74) is 4.36. The van der Waals surface area contributed by atoms with Crippen molar-refractivity contribution < 1.29 is 4.79 Å². The first kappa shape index (κ1) is 16.0. The van der Waals surface area contributed by atoms with Crippen molar-refractivity contribution in [3.8, 4) is 5.69 Å². The van der Waals surface area contributed by atoms with E-state index in [4.69, 9.17) is 0 Å². The summed E-state index contributed by atoms with van der Waals surface area (Å²) >= 11 is 1.39. The molecule has 0 saturated heterocycles. The Morgan fingerprint density at radius 3 is 2.76 bits per heavy atom. The summed E-state index contributed by atoms with van der Waals surface area (Å²) < 4.78 is 1.66. The van der Waals surface area contributed by atoms with E-state index in [1.807, 2.05) is 43.3 Å². The highest BCUT2D eigenvalue weighted by atomic mass is 32.2. The number of aryl methyl sites for hydroxylation is 2. The summed E-state index contributed by atoms with van der Waals surface area (Å²) in [6.07, 6.45) is 3.38. The van der Waals surface area contributed by atoms with E-state index < -0.39 is 0 Å². The smallest absolute Gasteiger partial charge is 0.214 e. The van der Waals surface area contributed by atoms with Crippen LogP contribution in [0.2, 0.25) is 0 Å². The number of hydrogen-bond donors (Lipinski definition) is 0. The molecule has 0 aliphatic heterocycles. The number of thioether (sulfide) groups is 1. The first-order valence-corrected chi connectivity index (χ1v) is 9.27. The van der Waals surface area contributed by atoms with Crippen LogP contribution in [-0.4, -0.2) is 31.2 Å². The summed E-state index contributed by atoms with van der Waals surface area (Å²) in [4.78, 5) is 12.8. The third-order valence-corrected chi connectivity index (χ3v) is 5.51. The van der Waals surface area contributed by atoms with Crippen molar-refractivity contribution >= 4 is 17.5 Å². The SMILES string of the molecule is C[C@H](Sc1nnnn1-c1ccccc1)C(=O)c1ccc2c(c1)CCC2. The molecule has 25 heavy (non-hydrogen) atoms. The van der Waals surface area contributed by atoms with Gasteiger partial charge in [-0.1, -0.05) is 42.1 Å². The second kappa shape index (κ2) is 6.80. The lowest BCUT2D eigenvalue weighted by atomic mass is 10.0. The van der Waals surface area contributed by atoms with E-state index in [1.165, 1.54) is 29.3 Å². The minimum Gasteiger partial charge on any atom is -0.293 e. The summed E-state index contributed by atoms with van der Waals surface area (Å²) in [6.45, 7) is 1.91. The summed E-state index contributed by atoms with van der Waals surface area (Å²) in [7, 11) is 0. The fourth-order valence-corrected chi connectivity index (χ4v) is 4.04. The molecule has 3 aromatic rings. The number of carbonyl (C=O) groups excluding carboxylic acids is 1. The van der Waals surface area contributed by atoms with Crippen molar-refractivity contribution in [2.45, 2.75) is 36.6 Å². The van der Waals surface area contributed by atoms with Gasteiger partial charge in [0.25, 0.3) is 0 Å². The Morgan fingerprint density at radius 1 is 1.12 bits per heavy atom. The standard InChI is InChI=1S/C19H18N4OS/c1-13(18(24)16-11-10-14-6-5-7-15(14)12-16)25-19-20-21-22-23(19)17-8-3-2-4-9-17/h2-4,8-13H,5-7H2,1H3/t13-/m0/s1. The van der Waals surface area contributed by atoms with Gasteiger partial charge in [0.2, 0.25) is 5.16 Å². The van der Waals surface area contributed by atoms with Gasteiger partial charge in [-0.15, -0.1) is 5.10 Å². The van der Waals surface area contributed by atoms with E-state index in [-0.39, 0.29) is 11.0 Å². The lowest BCUT2D eigenvalue weighted by molar-refractivity contribution is 0.0993. The number of aromatic nitrogens is 4. The second-order valence-corrected chi connectivity index (χ2v) is 7.48. The fraction of sp³-hybridized carbons (Fsp3) is 0.263. The molecular formula is C19H18N4OS. The van der Waals surface area contributed by atoms with Crippen LogP contribution >= 0.6 is 11.8 Å². The molecule has 0 unspecified atom stereocenters. The van der Waals surface area contributed by atoms with Crippen LogP contribution in [0.15, 0.2) is 53.7 Å². The zero-order valence-electron chi connectivity index (χ0n) is 13.9. The van der Waals surface area contributed by atoms with E-state index >= 15 is 0 Å². The van der Waals surface area contributed by atoms with Crippen LogP contribution in [0.3, 0.4) is 0 Å². The highest BCUT2D eigenvalue weighted by molar-refractivity contribution is 8.00. The maximum atomic E-state index is 12.8. The average molecular weight is 350 g/mol. The number of tetrazole rings is 1. The monoisotopic (exact) mass is 350 g/mol. The molecule has 126 valence electrons. The van der Waals surface area contributed by atoms with Gasteiger partial charge in [-0.2, -0.15) is 4.68 Å². The Morgan fingerprint density at radius 2 is 1.92 bits per heavy atom. The molecule has 1 heterocycles. The lowest BCUT2D eigenvalue weighted by Crippen LogP contribution is -2.15. The first-order chi connectivity index (χ1) is 12.2. The highest BCUT2D eigenvalue weighted by Crippen LogP contribution is 2.28. The van der Waals surface area contributed by atoms with Crippen LogP contribution in [0.5, 0.6) is 0 Å². The quantitative estimate of drug-likeness (QED) is 0.520. The van der Waals surface area contributed by atoms with Gasteiger partial charge in [0.1, 0.15) is 0 Å². The molecule has 1 aromatic heterocycles. The van der Waals surface area contributed by atoms with Crippen molar-refractivity contribution in [2.24, 2.45) is 0 Å². The Labute approximate surface area is 150 Å². The fourth-order valence-electron chi connectivity index (χ4n) is 3.16. The molecule has 0 bridgehead atoms. The maximum Gasteiger partial charge on any atom is 0.214 e. The number of Topliss-reactive ketones (excluding diaryl/α,β-unsaturated/α-hetero) is 1. The van der Waals surface area contributed by atoms with Gasteiger partial charge in [-0.3, -0.25) is 4.79 Å².